The molecule has 0 unspecified atom stereocenters. The van der Waals surface area contributed by atoms with Crippen LogP contribution in [-0.2, 0) is 11.2 Å². The lowest BCUT2D eigenvalue weighted by Gasteiger charge is -2.20. The molecule has 0 amide bonds. The molecule has 0 aromatic heterocycles. The maximum absolute atomic E-state index is 13.5. The molecule has 1 aromatic carbocycles. The highest BCUT2D eigenvalue weighted by Crippen LogP contribution is 2.16. The maximum atomic E-state index is 13.5. The van der Waals surface area contributed by atoms with E-state index in [0.717, 1.165) is 0 Å². The van der Waals surface area contributed by atoms with Crippen molar-refractivity contribution in [1.29, 1.82) is 0 Å². The molecule has 2 nitrogen and oxygen atoms in total. The highest BCUT2D eigenvalue weighted by Gasteiger charge is 2.11. The Hall–Kier alpha value is -0.740. The van der Waals surface area contributed by atoms with Crippen molar-refractivity contribution in [3.05, 3.63) is 34.1 Å². The molecule has 0 saturated carbocycles. The van der Waals surface area contributed by atoms with Gasteiger partial charge in [0, 0.05) is 29.4 Å². The Balaban J connectivity index is 2.45. The maximum Gasteiger partial charge on any atom is 0.138 e. The number of benzene rings is 1. The molecule has 0 aliphatic rings. The summed E-state index contributed by atoms with van der Waals surface area (Å²) >= 11 is 3.19. The highest BCUT2D eigenvalue weighted by molar-refractivity contribution is 9.10. The molecule has 0 aliphatic carbocycles. The lowest BCUT2D eigenvalue weighted by molar-refractivity contribution is -0.118. The third-order valence-electron chi connectivity index (χ3n) is 2.46. The van der Waals surface area contributed by atoms with Gasteiger partial charge in [0.25, 0.3) is 0 Å². The van der Waals surface area contributed by atoms with Gasteiger partial charge in [-0.15, -0.1) is 0 Å². The Kier molecular flexibility index (Phi) is 5.47. The summed E-state index contributed by atoms with van der Waals surface area (Å²) in [4.78, 5) is 11.7. The van der Waals surface area contributed by atoms with Crippen LogP contribution in [0.4, 0.5) is 4.39 Å². The molecule has 0 saturated heterocycles. The quantitative estimate of drug-likeness (QED) is 0.901. The molecular formula is C14H19BrFNO. The number of Topliss-reactive ketones (excluding diaryl/α,β-unsaturated/α-hetero) is 1. The summed E-state index contributed by atoms with van der Waals surface area (Å²) in [5, 5.41) is 3.24. The summed E-state index contributed by atoms with van der Waals surface area (Å²) in [6, 6.07) is 4.78. The van der Waals surface area contributed by atoms with Crippen LogP contribution in [0.3, 0.4) is 0 Å². The summed E-state index contributed by atoms with van der Waals surface area (Å²) in [6.07, 6.45) is 0.581. The van der Waals surface area contributed by atoms with E-state index < -0.39 is 0 Å². The van der Waals surface area contributed by atoms with E-state index in [1.54, 1.807) is 12.1 Å². The standard InChI is InChI=1S/C14H19BrFNO/c1-14(2,3)17-7-6-12(18)8-10-4-5-11(15)9-13(10)16/h4-5,9,17H,6-8H2,1-3H3. The van der Waals surface area contributed by atoms with Gasteiger partial charge in [-0.1, -0.05) is 22.0 Å². The Morgan fingerprint density at radius 2 is 2.06 bits per heavy atom. The van der Waals surface area contributed by atoms with Gasteiger partial charge in [-0.25, -0.2) is 4.39 Å². The van der Waals surface area contributed by atoms with Gasteiger partial charge in [0.15, 0.2) is 0 Å². The molecule has 0 fully saturated rings. The van der Waals surface area contributed by atoms with Gasteiger partial charge in [-0.2, -0.15) is 0 Å². The molecule has 4 heteroatoms. The Morgan fingerprint density at radius 1 is 1.39 bits per heavy atom. The average molecular weight is 316 g/mol. The lowest BCUT2D eigenvalue weighted by Crippen LogP contribution is -2.37. The number of nitrogens with one attached hydrogen (secondary N) is 1. The zero-order chi connectivity index (χ0) is 13.8. The topological polar surface area (TPSA) is 29.1 Å². The van der Waals surface area contributed by atoms with E-state index in [1.807, 2.05) is 20.8 Å². The van der Waals surface area contributed by atoms with Gasteiger partial charge in [0.1, 0.15) is 11.6 Å². The van der Waals surface area contributed by atoms with Gasteiger partial charge in [-0.3, -0.25) is 4.79 Å². The van der Waals surface area contributed by atoms with Crippen molar-refractivity contribution in [2.24, 2.45) is 0 Å². The van der Waals surface area contributed by atoms with Gasteiger partial charge in [-0.05, 0) is 38.5 Å². The van der Waals surface area contributed by atoms with Gasteiger partial charge < -0.3 is 5.32 Å². The first-order chi connectivity index (χ1) is 8.28. The number of rotatable bonds is 5. The minimum atomic E-state index is -0.332. The molecule has 100 valence electrons. The normalized spacial score (nSPS) is 11.6. The van der Waals surface area contributed by atoms with E-state index in [2.05, 4.69) is 21.2 Å². The number of hydrogen-bond donors (Lipinski definition) is 1. The van der Waals surface area contributed by atoms with Crippen LogP contribution in [0.2, 0.25) is 0 Å². The van der Waals surface area contributed by atoms with Crippen LogP contribution in [0.25, 0.3) is 0 Å². The van der Waals surface area contributed by atoms with Crippen molar-refractivity contribution in [1.82, 2.24) is 5.32 Å². The van der Waals surface area contributed by atoms with Crippen LogP contribution >= 0.6 is 15.9 Å². The van der Waals surface area contributed by atoms with E-state index in [9.17, 15) is 9.18 Å². The Bertz CT molecular complexity index is 426. The third-order valence-corrected chi connectivity index (χ3v) is 2.96. The number of ketones is 1. The fourth-order valence-electron chi connectivity index (χ4n) is 1.54. The Labute approximate surface area is 116 Å². The van der Waals surface area contributed by atoms with Crippen molar-refractivity contribution < 1.29 is 9.18 Å². The van der Waals surface area contributed by atoms with E-state index in [0.29, 0.717) is 23.0 Å². The molecule has 0 aliphatic heterocycles. The average Bonchev–Trinajstić information content (AvgIpc) is 2.20. The van der Waals surface area contributed by atoms with Gasteiger partial charge in [0.2, 0.25) is 0 Å². The smallest absolute Gasteiger partial charge is 0.138 e. The molecule has 1 N–H and O–H groups in total. The summed E-state index contributed by atoms with van der Waals surface area (Å²) in [6.45, 7) is 6.77. The van der Waals surface area contributed by atoms with Crippen LogP contribution in [0.15, 0.2) is 22.7 Å². The van der Waals surface area contributed by atoms with E-state index >= 15 is 0 Å². The van der Waals surface area contributed by atoms with Crippen molar-refractivity contribution in [3.63, 3.8) is 0 Å². The first-order valence-corrected chi connectivity index (χ1v) is 6.78. The zero-order valence-electron chi connectivity index (χ0n) is 11.0. The van der Waals surface area contributed by atoms with Crippen LogP contribution < -0.4 is 5.32 Å². The van der Waals surface area contributed by atoms with E-state index in [4.69, 9.17) is 0 Å². The predicted octanol–water partition coefficient (Wildman–Crippen LogP) is 3.48. The fraction of sp³-hybridized carbons (Fsp3) is 0.500. The number of halogens is 2. The molecular weight excluding hydrogens is 297 g/mol. The largest absolute Gasteiger partial charge is 0.312 e. The monoisotopic (exact) mass is 315 g/mol. The predicted molar refractivity (Wildman–Crippen MR) is 75.2 cm³/mol. The fourth-order valence-corrected chi connectivity index (χ4v) is 1.88. The van der Waals surface area contributed by atoms with Crippen LogP contribution in [-0.4, -0.2) is 17.9 Å². The third kappa shape index (κ3) is 5.74. The van der Waals surface area contributed by atoms with Crippen LogP contribution in [0, 0.1) is 5.82 Å². The second kappa shape index (κ2) is 6.43. The van der Waals surface area contributed by atoms with Crippen molar-refractivity contribution in [3.8, 4) is 0 Å². The van der Waals surface area contributed by atoms with E-state index in [-0.39, 0.29) is 23.6 Å². The molecule has 0 radical (unpaired) electrons. The summed E-state index contributed by atoms with van der Waals surface area (Å²) < 4.78 is 14.2. The molecule has 0 atom stereocenters. The lowest BCUT2D eigenvalue weighted by atomic mass is 10.1. The molecule has 0 spiro atoms. The molecule has 0 heterocycles. The molecule has 1 aromatic rings. The minimum absolute atomic E-state index is 0.00312. The van der Waals surface area contributed by atoms with E-state index in [1.165, 1.54) is 6.07 Å². The molecule has 18 heavy (non-hydrogen) atoms. The Morgan fingerprint density at radius 3 is 2.61 bits per heavy atom. The van der Waals surface area contributed by atoms with Gasteiger partial charge in [0.05, 0.1) is 0 Å². The second-order valence-corrected chi connectivity index (χ2v) is 6.29. The highest BCUT2D eigenvalue weighted by atomic mass is 79.9. The summed E-state index contributed by atoms with van der Waals surface area (Å²) in [5.74, 6) is -0.283. The number of carbonyl (C=O) groups is 1. The van der Waals surface area contributed by atoms with Gasteiger partial charge >= 0.3 is 0 Å². The first-order valence-electron chi connectivity index (χ1n) is 5.98. The van der Waals surface area contributed by atoms with Crippen molar-refractivity contribution >= 4 is 21.7 Å². The van der Waals surface area contributed by atoms with Crippen molar-refractivity contribution in [2.45, 2.75) is 39.2 Å². The molecule has 1 rings (SSSR count). The second-order valence-electron chi connectivity index (χ2n) is 5.38. The summed E-state index contributed by atoms with van der Waals surface area (Å²) in [7, 11) is 0. The van der Waals surface area contributed by atoms with Crippen LogP contribution in [0.1, 0.15) is 32.8 Å². The zero-order valence-corrected chi connectivity index (χ0v) is 12.6. The first kappa shape index (κ1) is 15.3. The van der Waals surface area contributed by atoms with Crippen LogP contribution in [0.5, 0.6) is 0 Å². The minimum Gasteiger partial charge on any atom is -0.312 e. The van der Waals surface area contributed by atoms with Crippen molar-refractivity contribution in [2.75, 3.05) is 6.54 Å². The SMILES string of the molecule is CC(C)(C)NCCC(=O)Cc1ccc(Br)cc1F. The number of hydrogen-bond acceptors (Lipinski definition) is 2. The number of carbonyl (C=O) groups excluding carboxylic acids is 1. The summed E-state index contributed by atoms with van der Waals surface area (Å²) in [5.41, 5.74) is 0.460. The molecule has 0 bridgehead atoms.